The molecule has 0 radical (unpaired) electrons. The van der Waals surface area contributed by atoms with E-state index in [1.165, 1.54) is 6.08 Å². The third-order valence-corrected chi connectivity index (χ3v) is 2.21. The number of carboxylic acid groups (broad SMARTS) is 1. The maximum Gasteiger partial charge on any atom is 0.336 e. The maximum atomic E-state index is 10.9. The molecule has 1 rings (SSSR count). The summed E-state index contributed by atoms with van der Waals surface area (Å²) < 4.78 is 0. The van der Waals surface area contributed by atoms with Gasteiger partial charge in [-0.05, 0) is 36.6 Å². The molecule has 0 saturated heterocycles. The summed E-state index contributed by atoms with van der Waals surface area (Å²) in [4.78, 5) is 21.5. The van der Waals surface area contributed by atoms with E-state index in [1.54, 1.807) is 32.1 Å². The van der Waals surface area contributed by atoms with Crippen LogP contribution in [-0.2, 0) is 4.79 Å². The Hall–Kier alpha value is -2.10. The van der Waals surface area contributed by atoms with Gasteiger partial charge in [-0.15, -0.1) is 0 Å². The van der Waals surface area contributed by atoms with Gasteiger partial charge in [0.15, 0.2) is 0 Å². The Bertz CT molecular complexity index is 452. The first-order chi connectivity index (χ1) is 7.41. The molecule has 1 aromatic rings. The molecule has 0 aliphatic carbocycles. The Morgan fingerprint density at radius 3 is 2.12 bits per heavy atom. The van der Waals surface area contributed by atoms with E-state index in [0.717, 1.165) is 5.56 Å². The molecule has 0 fully saturated rings. The van der Waals surface area contributed by atoms with Crippen LogP contribution in [0.4, 0.5) is 0 Å². The van der Waals surface area contributed by atoms with Gasteiger partial charge >= 0.3 is 5.97 Å². The van der Waals surface area contributed by atoms with Gasteiger partial charge in [0.1, 0.15) is 0 Å². The van der Waals surface area contributed by atoms with Crippen LogP contribution in [0.3, 0.4) is 0 Å². The van der Waals surface area contributed by atoms with Crippen LogP contribution in [0.15, 0.2) is 18.2 Å². The highest BCUT2D eigenvalue weighted by Crippen LogP contribution is 2.17. The predicted molar refractivity (Wildman–Crippen MR) is 61.1 cm³/mol. The second kappa shape index (κ2) is 4.61. The van der Waals surface area contributed by atoms with E-state index in [-0.39, 0.29) is 0 Å². The fourth-order valence-corrected chi connectivity index (χ4v) is 1.61. The van der Waals surface area contributed by atoms with Gasteiger partial charge in [-0.25, -0.2) is 4.79 Å². The van der Waals surface area contributed by atoms with Crippen molar-refractivity contribution < 1.29 is 14.7 Å². The summed E-state index contributed by atoms with van der Waals surface area (Å²) in [5, 5.41) is 8.96. The Balaban J connectivity index is 3.20. The monoisotopic (exact) mass is 219 g/mol. The molecule has 0 bridgehead atoms. The topological polar surface area (TPSA) is 80.4 Å². The van der Waals surface area contributed by atoms with Crippen LogP contribution < -0.4 is 5.73 Å². The van der Waals surface area contributed by atoms with Crippen molar-refractivity contribution in [1.29, 1.82) is 0 Å². The molecule has 4 heteroatoms. The molecule has 0 spiro atoms. The molecule has 4 nitrogen and oxygen atoms in total. The molecule has 1 aromatic carbocycles. The number of nitrogens with two attached hydrogens (primary N) is 1. The third kappa shape index (κ3) is 2.70. The van der Waals surface area contributed by atoms with Gasteiger partial charge in [-0.2, -0.15) is 0 Å². The van der Waals surface area contributed by atoms with Crippen molar-refractivity contribution >= 4 is 18.0 Å². The number of hydrogen-bond acceptors (Lipinski definition) is 2. The van der Waals surface area contributed by atoms with E-state index in [4.69, 9.17) is 10.8 Å². The SMILES string of the molecule is Cc1cc(C=CC(N)=O)cc(C)c1C(=O)O. The Morgan fingerprint density at radius 2 is 1.75 bits per heavy atom. The lowest BCUT2D eigenvalue weighted by molar-refractivity contribution is -0.113. The zero-order chi connectivity index (χ0) is 12.3. The first-order valence-electron chi connectivity index (χ1n) is 4.74. The van der Waals surface area contributed by atoms with Crippen LogP contribution in [0, 0.1) is 13.8 Å². The van der Waals surface area contributed by atoms with Crippen LogP contribution in [0.2, 0.25) is 0 Å². The molecule has 84 valence electrons. The smallest absolute Gasteiger partial charge is 0.336 e. The quantitative estimate of drug-likeness (QED) is 0.756. The van der Waals surface area contributed by atoms with Crippen LogP contribution in [-0.4, -0.2) is 17.0 Å². The number of carbonyl (C=O) groups is 2. The third-order valence-electron chi connectivity index (χ3n) is 2.21. The summed E-state index contributed by atoms with van der Waals surface area (Å²) in [6, 6.07) is 3.41. The van der Waals surface area contributed by atoms with Gasteiger partial charge < -0.3 is 10.8 Å². The second-order valence-electron chi connectivity index (χ2n) is 3.57. The van der Waals surface area contributed by atoms with Crippen molar-refractivity contribution in [3.05, 3.63) is 40.5 Å². The molecular formula is C12H13NO3. The van der Waals surface area contributed by atoms with E-state index in [2.05, 4.69) is 0 Å². The first-order valence-corrected chi connectivity index (χ1v) is 4.74. The highest BCUT2D eigenvalue weighted by Gasteiger charge is 2.10. The number of rotatable bonds is 3. The zero-order valence-corrected chi connectivity index (χ0v) is 9.15. The summed E-state index contributed by atoms with van der Waals surface area (Å²) in [5.41, 5.74) is 7.37. The summed E-state index contributed by atoms with van der Waals surface area (Å²) in [7, 11) is 0. The molecule has 1 amide bonds. The van der Waals surface area contributed by atoms with Crippen molar-refractivity contribution in [2.75, 3.05) is 0 Å². The van der Waals surface area contributed by atoms with Gasteiger partial charge in [-0.1, -0.05) is 12.1 Å². The van der Waals surface area contributed by atoms with Crippen molar-refractivity contribution in [2.24, 2.45) is 5.73 Å². The van der Waals surface area contributed by atoms with E-state index in [1.807, 2.05) is 0 Å². The highest BCUT2D eigenvalue weighted by molar-refractivity contribution is 5.93. The van der Waals surface area contributed by atoms with Gasteiger partial charge in [-0.3, -0.25) is 4.79 Å². The number of amides is 1. The highest BCUT2D eigenvalue weighted by atomic mass is 16.4. The van der Waals surface area contributed by atoms with E-state index < -0.39 is 11.9 Å². The average molecular weight is 219 g/mol. The first kappa shape index (κ1) is 12.0. The van der Waals surface area contributed by atoms with Crippen LogP contribution in [0.25, 0.3) is 6.08 Å². The van der Waals surface area contributed by atoms with Gasteiger partial charge in [0.2, 0.25) is 5.91 Å². The fraction of sp³-hybridized carbons (Fsp3) is 0.167. The lowest BCUT2D eigenvalue weighted by Crippen LogP contribution is -2.05. The van der Waals surface area contributed by atoms with Crippen molar-refractivity contribution in [1.82, 2.24) is 0 Å². The molecule has 0 aromatic heterocycles. The second-order valence-corrected chi connectivity index (χ2v) is 3.57. The molecule has 0 unspecified atom stereocenters. The summed E-state index contributed by atoms with van der Waals surface area (Å²) in [6.45, 7) is 3.44. The van der Waals surface area contributed by atoms with Crippen LogP contribution in [0.1, 0.15) is 27.0 Å². The minimum atomic E-state index is -0.944. The maximum absolute atomic E-state index is 10.9. The number of aryl methyl sites for hydroxylation is 2. The van der Waals surface area contributed by atoms with Crippen LogP contribution in [0.5, 0.6) is 0 Å². The number of carbonyl (C=O) groups excluding carboxylic acids is 1. The molecule has 0 atom stereocenters. The predicted octanol–water partition coefficient (Wildman–Crippen LogP) is 1.50. The molecule has 0 aliphatic heterocycles. The normalized spacial score (nSPS) is 10.6. The Labute approximate surface area is 93.4 Å². The van der Waals surface area contributed by atoms with Gasteiger partial charge in [0.05, 0.1) is 5.56 Å². The molecule has 0 saturated carbocycles. The Kier molecular flexibility index (Phi) is 3.45. The van der Waals surface area contributed by atoms with E-state index >= 15 is 0 Å². The largest absolute Gasteiger partial charge is 0.478 e. The van der Waals surface area contributed by atoms with Crippen LogP contribution >= 0.6 is 0 Å². The molecule has 0 aliphatic rings. The number of aromatic carboxylic acids is 1. The van der Waals surface area contributed by atoms with E-state index in [0.29, 0.717) is 16.7 Å². The summed E-state index contributed by atoms with van der Waals surface area (Å²) in [6.07, 6.45) is 2.81. The average Bonchev–Trinajstić information content (AvgIpc) is 2.12. The molecular weight excluding hydrogens is 206 g/mol. The Morgan fingerprint density at radius 1 is 1.25 bits per heavy atom. The number of benzene rings is 1. The minimum absolute atomic E-state index is 0.302. The van der Waals surface area contributed by atoms with Crippen molar-refractivity contribution in [2.45, 2.75) is 13.8 Å². The molecule has 3 N–H and O–H groups in total. The van der Waals surface area contributed by atoms with Crippen molar-refractivity contribution in [3.8, 4) is 0 Å². The van der Waals surface area contributed by atoms with Crippen molar-refractivity contribution in [3.63, 3.8) is 0 Å². The molecule has 16 heavy (non-hydrogen) atoms. The lowest BCUT2D eigenvalue weighted by Gasteiger charge is -2.06. The summed E-state index contributed by atoms with van der Waals surface area (Å²) in [5.74, 6) is -1.47. The van der Waals surface area contributed by atoms with E-state index in [9.17, 15) is 9.59 Å². The molecule has 0 heterocycles. The zero-order valence-electron chi connectivity index (χ0n) is 9.15. The number of hydrogen-bond donors (Lipinski definition) is 2. The minimum Gasteiger partial charge on any atom is -0.478 e. The number of primary amides is 1. The fourth-order valence-electron chi connectivity index (χ4n) is 1.61. The number of carboxylic acids is 1. The lowest BCUT2D eigenvalue weighted by atomic mass is 9.99. The van der Waals surface area contributed by atoms with Gasteiger partial charge in [0, 0.05) is 6.08 Å². The standard InChI is InChI=1S/C12H13NO3/c1-7-5-9(3-4-10(13)14)6-8(2)11(7)12(15)16/h3-6H,1-2H3,(H2,13,14)(H,15,16). The van der Waals surface area contributed by atoms with Gasteiger partial charge in [0.25, 0.3) is 0 Å². The summed E-state index contributed by atoms with van der Waals surface area (Å²) >= 11 is 0.